The van der Waals surface area contributed by atoms with Gasteiger partial charge in [-0.15, -0.1) is 18.6 Å². The molecule has 0 radical (unpaired) electrons. The van der Waals surface area contributed by atoms with E-state index in [0.717, 1.165) is 22.6 Å². The number of benzene rings is 2. The summed E-state index contributed by atoms with van der Waals surface area (Å²) in [6.07, 6.45) is 2.15. The van der Waals surface area contributed by atoms with Crippen LogP contribution in [0.1, 0.15) is 11.1 Å². The molecule has 2 aromatic rings. The SMILES string of the molecule is [K+].c1ccc2c(c1)[CH-]c1ccccc1O2. The fourth-order valence-electron chi connectivity index (χ4n) is 1.67. The molecule has 3 rings (SSSR count). The molecule has 2 heteroatoms. The van der Waals surface area contributed by atoms with Gasteiger partial charge in [-0.05, 0) is 0 Å². The van der Waals surface area contributed by atoms with Crippen LogP contribution in [0.3, 0.4) is 0 Å². The summed E-state index contributed by atoms with van der Waals surface area (Å²) in [4.78, 5) is 0. The van der Waals surface area contributed by atoms with Crippen LogP contribution in [0.5, 0.6) is 11.5 Å². The average molecular weight is 220 g/mol. The number of rotatable bonds is 0. The van der Waals surface area contributed by atoms with E-state index in [1.165, 1.54) is 0 Å². The summed E-state index contributed by atoms with van der Waals surface area (Å²) in [5.74, 6) is 1.87. The first-order valence-electron chi connectivity index (χ1n) is 4.64. The maximum Gasteiger partial charge on any atom is 1.00 e. The van der Waals surface area contributed by atoms with E-state index >= 15 is 0 Å². The topological polar surface area (TPSA) is 9.23 Å². The van der Waals surface area contributed by atoms with Gasteiger partial charge in [0.2, 0.25) is 0 Å². The molecule has 0 unspecified atom stereocenters. The summed E-state index contributed by atoms with van der Waals surface area (Å²) in [6.45, 7) is 0. The van der Waals surface area contributed by atoms with E-state index in [1.54, 1.807) is 0 Å². The predicted molar refractivity (Wildman–Crippen MR) is 55.5 cm³/mol. The van der Waals surface area contributed by atoms with Crippen molar-refractivity contribution < 1.29 is 56.1 Å². The Balaban J connectivity index is 0.000000853. The van der Waals surface area contributed by atoms with E-state index < -0.39 is 0 Å². The standard InChI is InChI=1S/C13H9O.K/c1-3-7-12-10(5-1)9-11-6-2-4-8-13(11)14-12;/h1-9H;/q-1;+1. The Labute approximate surface area is 132 Å². The van der Waals surface area contributed by atoms with E-state index in [-0.39, 0.29) is 51.4 Å². The second kappa shape index (κ2) is 4.72. The summed E-state index contributed by atoms with van der Waals surface area (Å²) in [5, 5.41) is 0. The van der Waals surface area contributed by atoms with Gasteiger partial charge in [0.25, 0.3) is 0 Å². The Morgan fingerprint density at radius 1 is 0.733 bits per heavy atom. The van der Waals surface area contributed by atoms with Crippen molar-refractivity contribution in [1.82, 2.24) is 0 Å². The molecule has 1 heterocycles. The molecular formula is C13H9KO. The predicted octanol–water partition coefficient (Wildman–Crippen LogP) is 0.397. The van der Waals surface area contributed by atoms with Gasteiger partial charge >= 0.3 is 51.4 Å². The molecule has 0 fully saturated rings. The van der Waals surface area contributed by atoms with Crippen molar-refractivity contribution in [3.05, 3.63) is 66.1 Å². The Morgan fingerprint density at radius 3 is 1.73 bits per heavy atom. The maximum absolute atomic E-state index is 5.75. The molecule has 2 aromatic carbocycles. The van der Waals surface area contributed by atoms with Gasteiger partial charge < -0.3 is 4.74 Å². The van der Waals surface area contributed by atoms with Crippen molar-refractivity contribution in [2.75, 3.05) is 0 Å². The Kier molecular flexibility index (Phi) is 3.54. The van der Waals surface area contributed by atoms with Gasteiger partial charge in [-0.2, -0.15) is 0 Å². The molecule has 0 bridgehead atoms. The number of fused-ring (bicyclic) bond motifs is 2. The van der Waals surface area contributed by atoms with Crippen molar-refractivity contribution in [1.29, 1.82) is 0 Å². The molecule has 1 nitrogen and oxygen atoms in total. The van der Waals surface area contributed by atoms with Gasteiger partial charge in [0, 0.05) is 0 Å². The van der Waals surface area contributed by atoms with Crippen LogP contribution in [-0.4, -0.2) is 0 Å². The smallest absolute Gasteiger partial charge is 0.527 e. The summed E-state index contributed by atoms with van der Waals surface area (Å²) < 4.78 is 5.75. The molecule has 0 amide bonds. The molecule has 1 aliphatic rings. The third kappa shape index (κ3) is 2.14. The zero-order valence-corrected chi connectivity index (χ0v) is 11.7. The van der Waals surface area contributed by atoms with Crippen molar-refractivity contribution >= 4 is 0 Å². The van der Waals surface area contributed by atoms with Crippen LogP contribution in [0.2, 0.25) is 0 Å². The maximum atomic E-state index is 5.75. The molecule has 15 heavy (non-hydrogen) atoms. The van der Waals surface area contributed by atoms with Gasteiger partial charge in [0.1, 0.15) is 0 Å². The minimum absolute atomic E-state index is 0. The zero-order valence-electron chi connectivity index (χ0n) is 8.60. The van der Waals surface area contributed by atoms with Gasteiger partial charge in [-0.3, -0.25) is 0 Å². The van der Waals surface area contributed by atoms with E-state index in [4.69, 9.17) is 4.74 Å². The quantitative estimate of drug-likeness (QED) is 0.393. The van der Waals surface area contributed by atoms with Gasteiger partial charge in [-0.1, -0.05) is 47.5 Å². The first-order valence-corrected chi connectivity index (χ1v) is 4.64. The molecule has 1 aliphatic heterocycles. The summed E-state index contributed by atoms with van der Waals surface area (Å²) in [5.41, 5.74) is 2.29. The molecule has 0 aromatic heterocycles. The van der Waals surface area contributed by atoms with Crippen LogP contribution < -0.4 is 56.1 Å². The number of hydrogen-bond donors (Lipinski definition) is 0. The number of para-hydroxylation sites is 2. The first kappa shape index (κ1) is 11.2. The Hall–Kier alpha value is -0.254. The molecular weight excluding hydrogens is 211 g/mol. The van der Waals surface area contributed by atoms with Crippen LogP contribution in [0.25, 0.3) is 0 Å². The molecule has 0 atom stereocenters. The third-order valence-electron chi connectivity index (χ3n) is 2.37. The van der Waals surface area contributed by atoms with Gasteiger partial charge in [0.05, 0.1) is 11.5 Å². The van der Waals surface area contributed by atoms with Gasteiger partial charge in [-0.25, -0.2) is 0 Å². The Bertz CT molecular complexity index is 392. The summed E-state index contributed by atoms with van der Waals surface area (Å²) in [7, 11) is 0. The molecule has 0 saturated heterocycles. The first-order chi connectivity index (χ1) is 6.93. The van der Waals surface area contributed by atoms with Crippen molar-refractivity contribution in [2.24, 2.45) is 0 Å². The molecule has 0 aliphatic carbocycles. The minimum Gasteiger partial charge on any atom is -0.527 e. The molecule has 68 valence electrons. The molecule has 0 N–H and O–H groups in total. The number of hydrogen-bond acceptors (Lipinski definition) is 1. The zero-order chi connectivity index (χ0) is 9.38. The second-order valence-electron chi connectivity index (χ2n) is 3.32. The van der Waals surface area contributed by atoms with Crippen LogP contribution in [0, 0.1) is 6.42 Å². The van der Waals surface area contributed by atoms with Crippen molar-refractivity contribution in [3.63, 3.8) is 0 Å². The Morgan fingerprint density at radius 2 is 1.20 bits per heavy atom. The second-order valence-corrected chi connectivity index (χ2v) is 3.32. The molecule has 0 saturated carbocycles. The minimum atomic E-state index is 0. The third-order valence-corrected chi connectivity index (χ3v) is 2.37. The monoisotopic (exact) mass is 220 g/mol. The normalized spacial score (nSPS) is 11.2. The van der Waals surface area contributed by atoms with Crippen molar-refractivity contribution in [2.45, 2.75) is 0 Å². The fraction of sp³-hybridized carbons (Fsp3) is 0. The largest absolute Gasteiger partial charge is 1.00 e. The molecule has 0 spiro atoms. The van der Waals surface area contributed by atoms with Crippen LogP contribution in [0.4, 0.5) is 0 Å². The summed E-state index contributed by atoms with van der Waals surface area (Å²) >= 11 is 0. The van der Waals surface area contributed by atoms with Gasteiger partial charge in [0.15, 0.2) is 0 Å². The average Bonchev–Trinajstić information content (AvgIpc) is 2.26. The van der Waals surface area contributed by atoms with Crippen LogP contribution in [0.15, 0.2) is 48.5 Å². The van der Waals surface area contributed by atoms with E-state index in [2.05, 4.69) is 18.6 Å². The summed E-state index contributed by atoms with van der Waals surface area (Å²) in [6, 6.07) is 16.1. The van der Waals surface area contributed by atoms with Crippen LogP contribution >= 0.6 is 0 Å². The van der Waals surface area contributed by atoms with Crippen molar-refractivity contribution in [3.8, 4) is 11.5 Å². The van der Waals surface area contributed by atoms with Crippen LogP contribution in [-0.2, 0) is 0 Å². The van der Waals surface area contributed by atoms with E-state index in [0.29, 0.717) is 0 Å². The number of ether oxygens (including phenoxy) is 1. The van der Waals surface area contributed by atoms with E-state index in [9.17, 15) is 0 Å². The van der Waals surface area contributed by atoms with E-state index in [1.807, 2.05) is 36.4 Å². The fourth-order valence-corrected chi connectivity index (χ4v) is 1.67.